The zero-order valence-corrected chi connectivity index (χ0v) is 22.8. The van der Waals surface area contributed by atoms with E-state index in [-0.39, 0.29) is 0 Å². The van der Waals surface area contributed by atoms with Crippen LogP contribution in [0.3, 0.4) is 0 Å². The van der Waals surface area contributed by atoms with Gasteiger partial charge in [0.1, 0.15) is 0 Å². The Labute approximate surface area is 243 Å². The summed E-state index contributed by atoms with van der Waals surface area (Å²) >= 11 is 6.73. The number of halogens is 1. The highest BCUT2D eigenvalue weighted by Gasteiger charge is 2.15. The minimum atomic E-state index is 0.572. The molecule has 3 nitrogen and oxygen atoms in total. The molecule has 0 aliphatic carbocycles. The smallest absolute Gasteiger partial charge is 0.164 e. The van der Waals surface area contributed by atoms with E-state index in [1.807, 2.05) is 72.8 Å². The first kappa shape index (κ1) is 24.9. The summed E-state index contributed by atoms with van der Waals surface area (Å²) in [6.45, 7) is 0. The quantitative estimate of drug-likeness (QED) is 0.216. The lowest BCUT2D eigenvalue weighted by atomic mass is 9.97. The van der Waals surface area contributed by atoms with Gasteiger partial charge in [-0.1, -0.05) is 133 Å². The maximum atomic E-state index is 6.73. The number of rotatable bonds is 5. The minimum absolute atomic E-state index is 0.572. The topological polar surface area (TPSA) is 38.7 Å². The van der Waals surface area contributed by atoms with Gasteiger partial charge in [0, 0.05) is 21.7 Å². The van der Waals surface area contributed by atoms with E-state index in [4.69, 9.17) is 26.6 Å². The summed E-state index contributed by atoms with van der Waals surface area (Å²) in [5, 5.41) is 2.97. The van der Waals surface area contributed by atoms with Crippen LogP contribution in [0.4, 0.5) is 0 Å². The molecule has 0 unspecified atom stereocenters. The molecule has 0 atom stereocenters. The summed E-state index contributed by atoms with van der Waals surface area (Å²) in [7, 11) is 0. The Morgan fingerprint density at radius 2 is 0.878 bits per heavy atom. The molecule has 0 saturated carbocycles. The van der Waals surface area contributed by atoms with Crippen molar-refractivity contribution in [2.24, 2.45) is 0 Å². The second-order valence-electron chi connectivity index (χ2n) is 9.87. The molecule has 0 aliphatic heterocycles. The second-order valence-corrected chi connectivity index (χ2v) is 10.3. The first-order valence-corrected chi connectivity index (χ1v) is 13.9. The van der Waals surface area contributed by atoms with Gasteiger partial charge in [0.2, 0.25) is 0 Å². The summed E-state index contributed by atoms with van der Waals surface area (Å²) in [6, 6.07) is 49.4. The van der Waals surface area contributed by atoms with Gasteiger partial charge in [0.25, 0.3) is 0 Å². The number of fused-ring (bicyclic) bond motifs is 1. The lowest BCUT2D eigenvalue weighted by molar-refractivity contribution is 1.07. The summed E-state index contributed by atoms with van der Waals surface area (Å²) < 4.78 is 0. The summed E-state index contributed by atoms with van der Waals surface area (Å²) in [6.07, 6.45) is 0. The van der Waals surface area contributed by atoms with E-state index in [0.29, 0.717) is 22.5 Å². The fraction of sp³-hybridized carbons (Fsp3) is 0. The fourth-order valence-corrected chi connectivity index (χ4v) is 5.41. The minimum Gasteiger partial charge on any atom is -0.208 e. The molecule has 0 N–H and O–H groups in total. The highest BCUT2D eigenvalue weighted by molar-refractivity contribution is 6.31. The van der Waals surface area contributed by atoms with Crippen LogP contribution in [0, 0.1) is 0 Å². The van der Waals surface area contributed by atoms with Gasteiger partial charge in [0.05, 0.1) is 0 Å². The van der Waals surface area contributed by atoms with Crippen LogP contribution in [-0.4, -0.2) is 15.0 Å². The van der Waals surface area contributed by atoms with Crippen molar-refractivity contribution in [1.29, 1.82) is 0 Å². The summed E-state index contributed by atoms with van der Waals surface area (Å²) in [5.41, 5.74) is 7.05. The predicted molar refractivity (Wildman–Crippen MR) is 170 cm³/mol. The fourth-order valence-electron chi connectivity index (χ4n) is 5.17. The van der Waals surface area contributed by atoms with Crippen LogP contribution >= 0.6 is 11.6 Å². The van der Waals surface area contributed by atoms with Gasteiger partial charge in [-0.15, -0.1) is 0 Å². The monoisotopic (exact) mass is 545 g/mol. The first-order valence-electron chi connectivity index (χ1n) is 13.5. The van der Waals surface area contributed by atoms with Gasteiger partial charge < -0.3 is 0 Å². The lowest BCUT2D eigenvalue weighted by Gasteiger charge is -2.12. The second kappa shape index (κ2) is 10.8. The van der Waals surface area contributed by atoms with E-state index in [9.17, 15) is 0 Å². The van der Waals surface area contributed by atoms with E-state index < -0.39 is 0 Å². The molecule has 194 valence electrons. The number of hydrogen-bond acceptors (Lipinski definition) is 3. The van der Waals surface area contributed by atoms with E-state index >= 15 is 0 Å². The van der Waals surface area contributed by atoms with E-state index in [2.05, 4.69) is 72.8 Å². The highest BCUT2D eigenvalue weighted by atomic mass is 35.5. The van der Waals surface area contributed by atoms with E-state index in [1.165, 1.54) is 10.8 Å². The SMILES string of the molecule is Clc1cc(-c2nc(-c3ccccc3)nc(-c3cccc(-c4ccccc4)c3)n2)cc(-c2cccc3ccccc23)c1. The molecule has 0 saturated heterocycles. The zero-order chi connectivity index (χ0) is 27.6. The van der Waals surface area contributed by atoms with E-state index in [1.54, 1.807) is 0 Å². The highest BCUT2D eigenvalue weighted by Crippen LogP contribution is 2.34. The largest absolute Gasteiger partial charge is 0.208 e. The number of nitrogens with zero attached hydrogens (tertiary/aromatic N) is 3. The molecular formula is C37H24ClN3. The van der Waals surface area contributed by atoms with Crippen molar-refractivity contribution in [3.05, 3.63) is 151 Å². The maximum absolute atomic E-state index is 6.73. The van der Waals surface area contributed by atoms with Crippen molar-refractivity contribution in [1.82, 2.24) is 15.0 Å². The van der Waals surface area contributed by atoms with Gasteiger partial charge in [-0.3, -0.25) is 0 Å². The molecule has 41 heavy (non-hydrogen) atoms. The van der Waals surface area contributed by atoms with Crippen molar-refractivity contribution in [2.75, 3.05) is 0 Å². The van der Waals surface area contributed by atoms with E-state index in [0.717, 1.165) is 38.9 Å². The summed E-state index contributed by atoms with van der Waals surface area (Å²) in [5.74, 6) is 1.80. The molecule has 0 amide bonds. The van der Waals surface area contributed by atoms with Crippen LogP contribution in [0.25, 0.3) is 67.2 Å². The third-order valence-corrected chi connectivity index (χ3v) is 7.37. The molecule has 0 fully saturated rings. The molecule has 0 aliphatic rings. The maximum Gasteiger partial charge on any atom is 0.164 e. The molecule has 4 heteroatoms. The molecule has 1 aromatic heterocycles. The van der Waals surface area contributed by atoms with Crippen LogP contribution in [0.2, 0.25) is 5.02 Å². The molecule has 0 radical (unpaired) electrons. The van der Waals surface area contributed by atoms with Crippen LogP contribution in [0.5, 0.6) is 0 Å². The molecule has 0 spiro atoms. The molecule has 7 rings (SSSR count). The Morgan fingerprint density at radius 3 is 1.66 bits per heavy atom. The molecule has 0 bridgehead atoms. The predicted octanol–water partition coefficient (Wildman–Crippen LogP) is 10.0. The third kappa shape index (κ3) is 5.11. The summed E-state index contributed by atoms with van der Waals surface area (Å²) in [4.78, 5) is 14.9. The van der Waals surface area contributed by atoms with Gasteiger partial charge in [-0.25, -0.2) is 15.0 Å². The molecule has 6 aromatic carbocycles. The average molecular weight is 546 g/mol. The van der Waals surface area contributed by atoms with Crippen LogP contribution in [-0.2, 0) is 0 Å². The number of benzene rings is 6. The molecular weight excluding hydrogens is 522 g/mol. The van der Waals surface area contributed by atoms with Gasteiger partial charge in [-0.2, -0.15) is 0 Å². The Hall–Kier alpha value is -5.12. The van der Waals surface area contributed by atoms with Crippen LogP contribution < -0.4 is 0 Å². The number of hydrogen-bond donors (Lipinski definition) is 0. The lowest BCUT2D eigenvalue weighted by Crippen LogP contribution is -2.00. The van der Waals surface area contributed by atoms with Crippen molar-refractivity contribution in [3.63, 3.8) is 0 Å². The number of aromatic nitrogens is 3. The van der Waals surface area contributed by atoms with Crippen molar-refractivity contribution in [2.45, 2.75) is 0 Å². The van der Waals surface area contributed by atoms with Gasteiger partial charge in [0.15, 0.2) is 17.5 Å². The van der Waals surface area contributed by atoms with Gasteiger partial charge in [-0.05, 0) is 57.3 Å². The Kier molecular flexibility index (Phi) is 6.56. The molecule has 1 heterocycles. The van der Waals surface area contributed by atoms with Crippen molar-refractivity contribution in [3.8, 4) is 56.4 Å². The van der Waals surface area contributed by atoms with Crippen molar-refractivity contribution >= 4 is 22.4 Å². The standard InChI is InChI=1S/C37H24ClN3/c38-32-23-30(34-20-10-16-26-13-7-8-19-33(26)34)22-31(24-32)37-40-35(27-14-5-2-6-15-27)39-36(41-37)29-18-9-17-28(21-29)25-11-3-1-4-12-25/h1-24H. The molecule has 7 aromatic rings. The van der Waals surface area contributed by atoms with Gasteiger partial charge >= 0.3 is 0 Å². The average Bonchev–Trinajstić information content (AvgIpc) is 3.05. The normalized spacial score (nSPS) is 11.0. The third-order valence-electron chi connectivity index (χ3n) is 7.15. The van der Waals surface area contributed by atoms with Crippen molar-refractivity contribution < 1.29 is 0 Å². The Bertz CT molecular complexity index is 2000. The first-order chi connectivity index (χ1) is 20.2. The van der Waals surface area contributed by atoms with Crippen LogP contribution in [0.15, 0.2) is 146 Å². The Morgan fingerprint density at radius 1 is 0.366 bits per heavy atom. The van der Waals surface area contributed by atoms with Crippen LogP contribution in [0.1, 0.15) is 0 Å². The zero-order valence-electron chi connectivity index (χ0n) is 22.1. The Balaban J connectivity index is 1.40.